The molecule has 0 aromatic rings. The van der Waals surface area contributed by atoms with Crippen molar-refractivity contribution < 1.29 is 9.53 Å². The molecule has 1 saturated carbocycles. The summed E-state index contributed by atoms with van der Waals surface area (Å²) in [7, 11) is 0. The summed E-state index contributed by atoms with van der Waals surface area (Å²) < 4.78 is 5.27. The summed E-state index contributed by atoms with van der Waals surface area (Å²) in [6.45, 7) is 5.51. The number of halogens is 1. The third-order valence-electron chi connectivity index (χ3n) is 3.30. The maximum atomic E-state index is 11.6. The number of carbonyl (C=O) groups is 1. The zero-order chi connectivity index (χ0) is 12.0. The highest BCUT2D eigenvalue weighted by molar-refractivity contribution is 5.85. The fourth-order valence-corrected chi connectivity index (χ4v) is 2.09. The normalized spacial score (nSPS) is 17.2. The van der Waals surface area contributed by atoms with E-state index in [2.05, 4.69) is 13.8 Å². The fraction of sp³-hybridized carbons (Fsp3) is 0.923. The van der Waals surface area contributed by atoms with E-state index in [0.29, 0.717) is 31.4 Å². The highest BCUT2D eigenvalue weighted by atomic mass is 35.5. The third kappa shape index (κ3) is 6.89. The number of hydrogen-bond acceptors (Lipinski definition) is 3. The lowest BCUT2D eigenvalue weighted by Crippen LogP contribution is -2.24. The Labute approximate surface area is 111 Å². The van der Waals surface area contributed by atoms with E-state index in [-0.39, 0.29) is 24.3 Å². The number of rotatable bonds is 7. The molecule has 0 aromatic carbocycles. The van der Waals surface area contributed by atoms with Gasteiger partial charge in [-0.25, -0.2) is 0 Å². The van der Waals surface area contributed by atoms with Crippen LogP contribution in [0, 0.1) is 17.8 Å². The molecule has 0 amide bonds. The van der Waals surface area contributed by atoms with Crippen LogP contribution in [0.15, 0.2) is 0 Å². The maximum Gasteiger partial charge on any atom is 0.306 e. The molecule has 0 unspecified atom stereocenters. The zero-order valence-electron chi connectivity index (χ0n) is 11.0. The number of esters is 1. The van der Waals surface area contributed by atoms with Gasteiger partial charge in [-0.3, -0.25) is 4.79 Å². The van der Waals surface area contributed by atoms with Crippen molar-refractivity contribution >= 4 is 18.4 Å². The van der Waals surface area contributed by atoms with Crippen LogP contribution < -0.4 is 5.73 Å². The summed E-state index contributed by atoms with van der Waals surface area (Å²) in [5.41, 5.74) is 5.65. The Balaban J connectivity index is 0.00000256. The van der Waals surface area contributed by atoms with E-state index < -0.39 is 0 Å². The lowest BCUT2D eigenvalue weighted by Gasteiger charge is -2.25. The summed E-state index contributed by atoms with van der Waals surface area (Å²) in [6.07, 6.45) is 5.23. The van der Waals surface area contributed by atoms with Gasteiger partial charge in [0.25, 0.3) is 0 Å². The molecule has 0 radical (unpaired) electrons. The zero-order valence-corrected chi connectivity index (χ0v) is 11.8. The Bertz CT molecular complexity index is 217. The van der Waals surface area contributed by atoms with Crippen LogP contribution in [-0.4, -0.2) is 19.1 Å². The molecular formula is C13H26ClNO2. The quantitative estimate of drug-likeness (QED) is 0.719. The minimum Gasteiger partial charge on any atom is -0.465 e. The molecule has 102 valence electrons. The van der Waals surface area contributed by atoms with E-state index in [1.165, 1.54) is 19.3 Å². The lowest BCUT2D eigenvalue weighted by molar-refractivity contribution is -0.147. The van der Waals surface area contributed by atoms with Gasteiger partial charge in [0.2, 0.25) is 0 Å². The number of carbonyl (C=O) groups excluding carboxylic acids is 1. The van der Waals surface area contributed by atoms with Crippen LogP contribution in [0.1, 0.15) is 46.0 Å². The summed E-state index contributed by atoms with van der Waals surface area (Å²) in [5.74, 6) is 1.44. The van der Waals surface area contributed by atoms with E-state index in [1.54, 1.807) is 0 Å². The van der Waals surface area contributed by atoms with Gasteiger partial charge in [0.15, 0.2) is 0 Å². The van der Waals surface area contributed by atoms with Crippen molar-refractivity contribution in [1.29, 1.82) is 0 Å². The van der Waals surface area contributed by atoms with Gasteiger partial charge in [-0.15, -0.1) is 12.4 Å². The third-order valence-corrected chi connectivity index (χ3v) is 3.30. The highest BCUT2D eigenvalue weighted by Crippen LogP contribution is 2.26. The van der Waals surface area contributed by atoms with Gasteiger partial charge in [-0.2, -0.15) is 0 Å². The second-order valence-corrected chi connectivity index (χ2v) is 5.42. The Morgan fingerprint density at radius 3 is 2.47 bits per heavy atom. The van der Waals surface area contributed by atoms with E-state index in [9.17, 15) is 4.79 Å². The number of ether oxygens (including phenoxy) is 1. The Morgan fingerprint density at radius 2 is 2.06 bits per heavy atom. The first kappa shape index (κ1) is 16.7. The van der Waals surface area contributed by atoms with Gasteiger partial charge in [0.1, 0.15) is 0 Å². The van der Waals surface area contributed by atoms with Gasteiger partial charge >= 0.3 is 5.97 Å². The van der Waals surface area contributed by atoms with Crippen LogP contribution >= 0.6 is 12.4 Å². The first-order valence-electron chi connectivity index (χ1n) is 6.47. The van der Waals surface area contributed by atoms with Crippen molar-refractivity contribution in [3.8, 4) is 0 Å². The molecule has 17 heavy (non-hydrogen) atoms. The first-order valence-corrected chi connectivity index (χ1v) is 6.47. The molecule has 0 spiro atoms. The molecule has 3 nitrogen and oxygen atoms in total. The molecule has 1 atom stereocenters. The summed E-state index contributed by atoms with van der Waals surface area (Å²) in [5, 5.41) is 0. The van der Waals surface area contributed by atoms with Crippen LogP contribution in [0.5, 0.6) is 0 Å². The monoisotopic (exact) mass is 263 g/mol. The largest absolute Gasteiger partial charge is 0.465 e. The van der Waals surface area contributed by atoms with Crippen molar-refractivity contribution in [3.05, 3.63) is 0 Å². The molecule has 0 aromatic heterocycles. The molecule has 1 rings (SSSR count). The van der Waals surface area contributed by atoms with Crippen LogP contribution in [0.3, 0.4) is 0 Å². The van der Waals surface area contributed by atoms with Crippen LogP contribution in [0.4, 0.5) is 0 Å². The van der Waals surface area contributed by atoms with Crippen molar-refractivity contribution in [2.75, 3.05) is 13.2 Å². The minimum atomic E-state index is -0.0667. The van der Waals surface area contributed by atoms with Gasteiger partial charge in [0, 0.05) is 6.42 Å². The van der Waals surface area contributed by atoms with Crippen molar-refractivity contribution in [2.24, 2.45) is 23.5 Å². The lowest BCUT2D eigenvalue weighted by atomic mass is 9.86. The topological polar surface area (TPSA) is 52.3 Å². The smallest absolute Gasteiger partial charge is 0.306 e. The average molecular weight is 264 g/mol. The van der Waals surface area contributed by atoms with Crippen LogP contribution in [0.25, 0.3) is 0 Å². The van der Waals surface area contributed by atoms with Gasteiger partial charge < -0.3 is 10.5 Å². The number of nitrogens with two attached hydrogens (primary N) is 1. The molecule has 0 aliphatic heterocycles. The molecule has 1 aliphatic rings. The van der Waals surface area contributed by atoms with Crippen molar-refractivity contribution in [3.63, 3.8) is 0 Å². The molecule has 1 fully saturated rings. The van der Waals surface area contributed by atoms with Crippen molar-refractivity contribution in [2.45, 2.75) is 46.0 Å². The summed E-state index contributed by atoms with van der Waals surface area (Å²) in [6, 6.07) is 0. The fourth-order valence-electron chi connectivity index (χ4n) is 2.09. The standard InChI is InChI=1S/C13H25NO2.ClH/c1-10(2)6-12(8-14)7-13(15)16-9-11-4-3-5-11;/h10-12H,3-9,14H2,1-2H3;1H/t12-;/m0./s1. The molecule has 4 heteroatoms. The van der Waals surface area contributed by atoms with Crippen LogP contribution in [-0.2, 0) is 9.53 Å². The second-order valence-electron chi connectivity index (χ2n) is 5.42. The SMILES string of the molecule is CC(C)C[C@H](CN)CC(=O)OCC1CCC1.Cl. The molecule has 0 saturated heterocycles. The molecule has 2 N–H and O–H groups in total. The minimum absolute atomic E-state index is 0. The van der Waals surface area contributed by atoms with Gasteiger partial charge in [-0.05, 0) is 43.6 Å². The molecule has 0 heterocycles. The van der Waals surface area contributed by atoms with E-state index in [0.717, 1.165) is 6.42 Å². The average Bonchev–Trinajstić information content (AvgIpc) is 2.13. The van der Waals surface area contributed by atoms with Gasteiger partial charge in [-0.1, -0.05) is 20.3 Å². The maximum absolute atomic E-state index is 11.6. The number of hydrogen-bond donors (Lipinski definition) is 1. The van der Waals surface area contributed by atoms with E-state index in [1.807, 2.05) is 0 Å². The van der Waals surface area contributed by atoms with E-state index in [4.69, 9.17) is 10.5 Å². The molecule has 1 aliphatic carbocycles. The molecule has 0 bridgehead atoms. The molecular weight excluding hydrogens is 238 g/mol. The van der Waals surface area contributed by atoms with E-state index >= 15 is 0 Å². The Morgan fingerprint density at radius 1 is 1.41 bits per heavy atom. The predicted octanol–water partition coefficient (Wildman–Crippen LogP) is 2.76. The predicted molar refractivity (Wildman–Crippen MR) is 72.2 cm³/mol. The van der Waals surface area contributed by atoms with Crippen LogP contribution in [0.2, 0.25) is 0 Å². The van der Waals surface area contributed by atoms with Crippen molar-refractivity contribution in [1.82, 2.24) is 0 Å². The summed E-state index contributed by atoms with van der Waals surface area (Å²) >= 11 is 0. The van der Waals surface area contributed by atoms with Gasteiger partial charge in [0.05, 0.1) is 6.61 Å². The Kier molecular flexibility index (Phi) is 8.61. The second kappa shape index (κ2) is 8.76. The highest BCUT2D eigenvalue weighted by Gasteiger charge is 2.20. The summed E-state index contributed by atoms with van der Waals surface area (Å²) in [4.78, 5) is 11.6. The first-order chi connectivity index (χ1) is 7.61. The Hall–Kier alpha value is -0.280.